The summed E-state index contributed by atoms with van der Waals surface area (Å²) in [6, 6.07) is 4.45. The minimum absolute atomic E-state index is 0.0650. The lowest BCUT2D eigenvalue weighted by molar-refractivity contribution is -0.143. The summed E-state index contributed by atoms with van der Waals surface area (Å²) in [5, 5.41) is 5.88. The topological polar surface area (TPSA) is 116 Å². The fourth-order valence-electron chi connectivity index (χ4n) is 2.90. The minimum Gasteiger partial charge on any atom is -0.469 e. The van der Waals surface area contributed by atoms with Crippen molar-refractivity contribution in [1.29, 1.82) is 0 Å². The molecule has 0 aliphatic carbocycles. The van der Waals surface area contributed by atoms with E-state index in [1.807, 2.05) is 0 Å². The number of benzene rings is 1. The summed E-state index contributed by atoms with van der Waals surface area (Å²) >= 11 is 0. The number of carbonyl (C=O) groups excluding carboxylic acids is 3. The number of amides is 2. The molecule has 3 rings (SSSR count). The van der Waals surface area contributed by atoms with Crippen LogP contribution in [-0.4, -0.2) is 52.9 Å². The molecule has 3 N–H and O–H groups in total. The number of rotatable bonds is 5. The van der Waals surface area contributed by atoms with Crippen LogP contribution in [-0.2, 0) is 27.4 Å². The van der Waals surface area contributed by atoms with E-state index in [0.29, 0.717) is 30.2 Å². The van der Waals surface area contributed by atoms with Crippen LogP contribution in [0.3, 0.4) is 0 Å². The van der Waals surface area contributed by atoms with Crippen LogP contribution >= 0.6 is 0 Å². The molecule has 1 aromatic heterocycles. The lowest BCUT2D eigenvalue weighted by Gasteiger charge is -2.19. The van der Waals surface area contributed by atoms with E-state index in [9.17, 15) is 14.4 Å². The van der Waals surface area contributed by atoms with E-state index >= 15 is 0 Å². The SMILES string of the molecule is COC(=O)CC1Nc2ccc(C(=O)NCc3ncc[nH]3)cc2CN(C)C1=O. The zero-order valence-corrected chi connectivity index (χ0v) is 15.1. The molecule has 0 fully saturated rings. The highest BCUT2D eigenvalue weighted by atomic mass is 16.5. The summed E-state index contributed by atoms with van der Waals surface area (Å²) in [7, 11) is 2.95. The lowest BCUT2D eigenvalue weighted by Crippen LogP contribution is -2.39. The van der Waals surface area contributed by atoms with E-state index in [-0.39, 0.29) is 18.2 Å². The van der Waals surface area contributed by atoms with Crippen molar-refractivity contribution >= 4 is 23.5 Å². The zero-order valence-electron chi connectivity index (χ0n) is 15.1. The van der Waals surface area contributed by atoms with Crippen molar-refractivity contribution in [2.45, 2.75) is 25.6 Å². The Morgan fingerprint density at radius 2 is 2.22 bits per heavy atom. The quantitative estimate of drug-likeness (QED) is 0.665. The molecule has 27 heavy (non-hydrogen) atoms. The zero-order chi connectivity index (χ0) is 19.4. The number of aromatic nitrogens is 2. The molecule has 1 aromatic carbocycles. The first kappa shape index (κ1) is 18.4. The molecule has 2 aromatic rings. The Morgan fingerprint density at radius 3 is 2.93 bits per heavy atom. The van der Waals surface area contributed by atoms with Crippen LogP contribution in [0.15, 0.2) is 30.6 Å². The molecule has 1 unspecified atom stereocenters. The second kappa shape index (κ2) is 7.90. The summed E-state index contributed by atoms with van der Waals surface area (Å²) in [6.07, 6.45) is 3.24. The maximum atomic E-state index is 12.5. The molecule has 1 atom stereocenters. The molecular formula is C18H21N5O4. The fraction of sp³-hybridized carbons (Fsp3) is 0.333. The van der Waals surface area contributed by atoms with Crippen molar-refractivity contribution in [2.75, 3.05) is 19.5 Å². The highest BCUT2D eigenvalue weighted by molar-refractivity contribution is 5.95. The monoisotopic (exact) mass is 371 g/mol. The Hall–Kier alpha value is -3.36. The van der Waals surface area contributed by atoms with Gasteiger partial charge in [0.15, 0.2) is 0 Å². The van der Waals surface area contributed by atoms with E-state index in [1.165, 1.54) is 12.0 Å². The van der Waals surface area contributed by atoms with Gasteiger partial charge in [-0.15, -0.1) is 0 Å². The van der Waals surface area contributed by atoms with Crippen LogP contribution in [0, 0.1) is 0 Å². The van der Waals surface area contributed by atoms with Gasteiger partial charge in [-0.3, -0.25) is 14.4 Å². The first-order valence-electron chi connectivity index (χ1n) is 8.45. The van der Waals surface area contributed by atoms with E-state index in [4.69, 9.17) is 0 Å². The number of H-pyrrole nitrogens is 1. The maximum absolute atomic E-state index is 12.5. The number of imidazole rings is 1. The molecule has 0 saturated heterocycles. The number of esters is 1. The van der Waals surface area contributed by atoms with Gasteiger partial charge in [-0.1, -0.05) is 0 Å². The van der Waals surface area contributed by atoms with Gasteiger partial charge in [0, 0.05) is 37.2 Å². The first-order chi connectivity index (χ1) is 13.0. The van der Waals surface area contributed by atoms with E-state index < -0.39 is 12.0 Å². The van der Waals surface area contributed by atoms with Gasteiger partial charge in [0.1, 0.15) is 11.9 Å². The van der Waals surface area contributed by atoms with E-state index in [1.54, 1.807) is 37.6 Å². The third-order valence-electron chi connectivity index (χ3n) is 4.35. The summed E-state index contributed by atoms with van der Waals surface area (Å²) < 4.78 is 4.66. The average molecular weight is 371 g/mol. The summed E-state index contributed by atoms with van der Waals surface area (Å²) in [5.74, 6) is -0.249. The van der Waals surface area contributed by atoms with Crippen LogP contribution < -0.4 is 10.6 Å². The lowest BCUT2D eigenvalue weighted by atomic mass is 10.1. The second-order valence-electron chi connectivity index (χ2n) is 6.26. The molecule has 0 saturated carbocycles. The van der Waals surface area contributed by atoms with Crippen molar-refractivity contribution in [3.05, 3.63) is 47.5 Å². The largest absolute Gasteiger partial charge is 0.469 e. The molecule has 9 nitrogen and oxygen atoms in total. The number of ether oxygens (including phenoxy) is 1. The van der Waals surface area contributed by atoms with Crippen molar-refractivity contribution in [3.63, 3.8) is 0 Å². The van der Waals surface area contributed by atoms with Gasteiger partial charge in [-0.25, -0.2) is 4.98 Å². The molecular weight excluding hydrogens is 350 g/mol. The van der Waals surface area contributed by atoms with Crippen molar-refractivity contribution < 1.29 is 19.1 Å². The number of hydrogen-bond acceptors (Lipinski definition) is 6. The number of hydrogen-bond donors (Lipinski definition) is 3. The number of nitrogens with zero attached hydrogens (tertiary/aromatic N) is 2. The first-order valence-corrected chi connectivity index (χ1v) is 8.45. The Morgan fingerprint density at radius 1 is 1.41 bits per heavy atom. The number of methoxy groups -OCH3 is 1. The van der Waals surface area contributed by atoms with Crippen molar-refractivity contribution in [1.82, 2.24) is 20.2 Å². The van der Waals surface area contributed by atoms with Gasteiger partial charge in [0.2, 0.25) is 5.91 Å². The van der Waals surface area contributed by atoms with Gasteiger partial charge < -0.3 is 25.3 Å². The number of anilines is 1. The highest BCUT2D eigenvalue weighted by Gasteiger charge is 2.29. The Labute approximate surface area is 156 Å². The van der Waals surface area contributed by atoms with Gasteiger partial charge in [-0.2, -0.15) is 0 Å². The summed E-state index contributed by atoms with van der Waals surface area (Å²) in [6.45, 7) is 0.624. The third kappa shape index (κ3) is 4.25. The normalized spacial score (nSPS) is 16.1. The number of carbonyl (C=O) groups is 3. The highest BCUT2D eigenvalue weighted by Crippen LogP contribution is 2.25. The molecule has 2 amide bonds. The van der Waals surface area contributed by atoms with Gasteiger partial charge in [-0.05, 0) is 23.8 Å². The second-order valence-corrected chi connectivity index (χ2v) is 6.26. The summed E-state index contributed by atoms with van der Waals surface area (Å²) in [4.78, 5) is 45.0. The predicted octanol–water partition coefficient (Wildman–Crippen LogP) is 0.655. The minimum atomic E-state index is -0.706. The van der Waals surface area contributed by atoms with Crippen molar-refractivity contribution in [2.24, 2.45) is 0 Å². The van der Waals surface area contributed by atoms with Gasteiger partial charge in [0.25, 0.3) is 5.91 Å². The molecule has 1 aliphatic heterocycles. The van der Waals surface area contributed by atoms with Crippen LogP contribution in [0.2, 0.25) is 0 Å². The molecule has 0 radical (unpaired) electrons. The summed E-state index contributed by atoms with van der Waals surface area (Å²) in [5.41, 5.74) is 1.99. The molecule has 0 spiro atoms. The predicted molar refractivity (Wildman–Crippen MR) is 96.7 cm³/mol. The van der Waals surface area contributed by atoms with Crippen molar-refractivity contribution in [3.8, 4) is 0 Å². The molecule has 0 bridgehead atoms. The number of fused-ring (bicyclic) bond motifs is 1. The third-order valence-corrected chi connectivity index (χ3v) is 4.35. The van der Waals surface area contributed by atoms with Crippen LogP contribution in [0.4, 0.5) is 5.69 Å². The van der Waals surface area contributed by atoms with Crippen LogP contribution in [0.25, 0.3) is 0 Å². The Bertz CT molecular complexity index is 849. The average Bonchev–Trinajstić information content (AvgIpc) is 3.15. The molecule has 9 heteroatoms. The van der Waals surface area contributed by atoms with E-state index in [2.05, 4.69) is 25.3 Å². The smallest absolute Gasteiger partial charge is 0.308 e. The maximum Gasteiger partial charge on any atom is 0.308 e. The van der Waals surface area contributed by atoms with Crippen LogP contribution in [0.1, 0.15) is 28.2 Å². The number of nitrogens with one attached hydrogen (secondary N) is 3. The number of likely N-dealkylation sites (N-methyl/N-ethyl adjacent to an activating group) is 1. The van der Waals surface area contributed by atoms with Crippen LogP contribution in [0.5, 0.6) is 0 Å². The fourth-order valence-corrected chi connectivity index (χ4v) is 2.90. The van der Waals surface area contributed by atoms with Gasteiger partial charge >= 0.3 is 5.97 Å². The standard InChI is InChI=1S/C18H21N5O4/c1-23-10-12-7-11(17(25)21-9-15-19-5-6-20-15)3-4-13(12)22-14(18(23)26)8-16(24)27-2/h3-7,14,22H,8-10H2,1-2H3,(H,19,20)(H,21,25). The molecule has 142 valence electrons. The number of aromatic amines is 1. The molecule has 2 heterocycles. The van der Waals surface area contributed by atoms with E-state index in [0.717, 1.165) is 5.56 Å². The Kier molecular flexibility index (Phi) is 5.39. The Balaban J connectivity index is 1.76. The molecule has 1 aliphatic rings. The van der Waals surface area contributed by atoms with Gasteiger partial charge in [0.05, 0.1) is 20.1 Å².